The molecule has 1 rings (SSSR count). The van der Waals surface area contributed by atoms with Crippen molar-refractivity contribution in [2.75, 3.05) is 11.9 Å². The van der Waals surface area contributed by atoms with Gasteiger partial charge in [-0.3, -0.25) is 0 Å². The van der Waals surface area contributed by atoms with Gasteiger partial charge in [0.25, 0.3) is 0 Å². The second-order valence-corrected chi connectivity index (χ2v) is 3.73. The van der Waals surface area contributed by atoms with Gasteiger partial charge >= 0.3 is 0 Å². The van der Waals surface area contributed by atoms with Crippen LogP contribution >= 0.6 is 15.9 Å². The van der Waals surface area contributed by atoms with E-state index in [1.807, 2.05) is 30.3 Å². The molecule has 0 heterocycles. The third-order valence-corrected chi connectivity index (χ3v) is 2.56. The Kier molecular flexibility index (Phi) is 5.80. The summed E-state index contributed by atoms with van der Waals surface area (Å²) in [7, 11) is 0. The maximum absolute atomic E-state index is 12.7. The molecule has 0 saturated heterocycles. The molecule has 78 valence electrons. The van der Waals surface area contributed by atoms with Crippen LogP contribution in [0.1, 0.15) is 12.0 Å². The van der Waals surface area contributed by atoms with E-state index in [-0.39, 0.29) is 0 Å². The molecule has 1 aromatic rings. The summed E-state index contributed by atoms with van der Waals surface area (Å²) in [5.74, 6) is 0. The average Bonchev–Trinajstić information content (AvgIpc) is 2.25. The molecule has 1 aromatic carbocycles. The number of halogens is 2. The Morgan fingerprint density at radius 2 is 2.00 bits per heavy atom. The Morgan fingerprint density at radius 3 is 2.64 bits per heavy atom. The molecule has 0 aliphatic rings. The summed E-state index contributed by atoms with van der Waals surface area (Å²) in [4.78, 5) is 0. The third kappa shape index (κ3) is 4.72. The van der Waals surface area contributed by atoms with Crippen molar-refractivity contribution in [3.8, 4) is 0 Å². The standard InChI is InChI=1S/C11H14BrFO/c12-8-11(13)6-7-14-9-10-4-2-1-3-5-10/h1-5,11H,6-9H2/t11-/m0/s1. The molecule has 0 aliphatic heterocycles. The Hall–Kier alpha value is -0.410. The number of alkyl halides is 2. The van der Waals surface area contributed by atoms with E-state index in [0.29, 0.717) is 25.0 Å². The van der Waals surface area contributed by atoms with Crippen molar-refractivity contribution in [3.63, 3.8) is 0 Å². The molecule has 0 bridgehead atoms. The van der Waals surface area contributed by atoms with Crippen molar-refractivity contribution in [1.29, 1.82) is 0 Å². The minimum absolute atomic E-state index is 0.391. The highest BCUT2D eigenvalue weighted by Gasteiger charge is 2.02. The predicted molar refractivity (Wildman–Crippen MR) is 59.4 cm³/mol. The first-order valence-corrected chi connectivity index (χ1v) is 5.77. The smallest absolute Gasteiger partial charge is 0.112 e. The van der Waals surface area contributed by atoms with Crippen LogP contribution in [0.5, 0.6) is 0 Å². The van der Waals surface area contributed by atoms with Gasteiger partial charge in [0.1, 0.15) is 6.17 Å². The Morgan fingerprint density at radius 1 is 1.29 bits per heavy atom. The highest BCUT2D eigenvalue weighted by Crippen LogP contribution is 2.04. The summed E-state index contributed by atoms with van der Waals surface area (Å²) in [6, 6.07) is 9.89. The van der Waals surface area contributed by atoms with E-state index in [2.05, 4.69) is 15.9 Å². The van der Waals surface area contributed by atoms with Gasteiger partial charge in [-0.05, 0) is 5.56 Å². The molecule has 0 aliphatic carbocycles. The third-order valence-electron chi connectivity index (χ3n) is 1.85. The second kappa shape index (κ2) is 6.96. The van der Waals surface area contributed by atoms with Crippen LogP contribution < -0.4 is 0 Å². The minimum Gasteiger partial charge on any atom is -0.377 e. The zero-order valence-electron chi connectivity index (χ0n) is 7.96. The molecule has 3 heteroatoms. The quantitative estimate of drug-likeness (QED) is 0.563. The second-order valence-electron chi connectivity index (χ2n) is 3.08. The van der Waals surface area contributed by atoms with Gasteiger partial charge in [0, 0.05) is 18.4 Å². The molecule has 0 aromatic heterocycles. The van der Waals surface area contributed by atoms with Gasteiger partial charge in [-0.1, -0.05) is 46.3 Å². The van der Waals surface area contributed by atoms with Crippen molar-refractivity contribution >= 4 is 15.9 Å². The van der Waals surface area contributed by atoms with Gasteiger partial charge in [-0.25, -0.2) is 4.39 Å². The van der Waals surface area contributed by atoms with Crippen molar-refractivity contribution in [2.24, 2.45) is 0 Å². The van der Waals surface area contributed by atoms with E-state index < -0.39 is 6.17 Å². The van der Waals surface area contributed by atoms with Crippen LogP contribution in [-0.2, 0) is 11.3 Å². The molecule has 14 heavy (non-hydrogen) atoms. The molecule has 0 amide bonds. The molecule has 0 unspecified atom stereocenters. The molecule has 1 nitrogen and oxygen atoms in total. The van der Waals surface area contributed by atoms with Crippen LogP contribution in [0, 0.1) is 0 Å². The Labute approximate surface area is 92.4 Å². The van der Waals surface area contributed by atoms with Crippen LogP contribution in [0.15, 0.2) is 30.3 Å². The van der Waals surface area contributed by atoms with Crippen molar-refractivity contribution in [1.82, 2.24) is 0 Å². The summed E-state index contributed by atoms with van der Waals surface area (Å²) in [6.07, 6.45) is -0.344. The first-order chi connectivity index (χ1) is 6.83. The zero-order valence-corrected chi connectivity index (χ0v) is 9.54. The molecule has 0 spiro atoms. The fourth-order valence-corrected chi connectivity index (χ4v) is 1.38. The maximum atomic E-state index is 12.7. The Bertz CT molecular complexity index is 240. The fourth-order valence-electron chi connectivity index (χ4n) is 1.05. The lowest BCUT2D eigenvalue weighted by atomic mass is 10.2. The lowest BCUT2D eigenvalue weighted by molar-refractivity contribution is 0.103. The van der Waals surface area contributed by atoms with Crippen LogP contribution in [-0.4, -0.2) is 18.1 Å². The average molecular weight is 261 g/mol. The van der Waals surface area contributed by atoms with E-state index in [0.717, 1.165) is 5.56 Å². The van der Waals surface area contributed by atoms with Gasteiger partial charge in [0.15, 0.2) is 0 Å². The van der Waals surface area contributed by atoms with E-state index in [9.17, 15) is 4.39 Å². The van der Waals surface area contributed by atoms with E-state index in [4.69, 9.17) is 4.74 Å². The van der Waals surface area contributed by atoms with Crippen molar-refractivity contribution < 1.29 is 9.13 Å². The van der Waals surface area contributed by atoms with Gasteiger partial charge in [-0.15, -0.1) is 0 Å². The first kappa shape index (κ1) is 11.7. The molecule has 1 atom stereocenters. The van der Waals surface area contributed by atoms with Crippen molar-refractivity contribution in [3.05, 3.63) is 35.9 Å². The van der Waals surface area contributed by atoms with Crippen LogP contribution in [0.4, 0.5) is 4.39 Å². The normalized spacial score (nSPS) is 12.7. The van der Waals surface area contributed by atoms with E-state index >= 15 is 0 Å². The molecule has 0 saturated carbocycles. The zero-order chi connectivity index (χ0) is 10.2. The number of hydrogen-bond acceptors (Lipinski definition) is 1. The number of rotatable bonds is 6. The summed E-state index contributed by atoms with van der Waals surface area (Å²) in [6.45, 7) is 1.04. The summed E-state index contributed by atoms with van der Waals surface area (Å²) in [5.41, 5.74) is 1.13. The highest BCUT2D eigenvalue weighted by atomic mass is 79.9. The lowest BCUT2D eigenvalue weighted by Gasteiger charge is -2.05. The molecule has 0 radical (unpaired) electrons. The van der Waals surface area contributed by atoms with Crippen LogP contribution in [0.2, 0.25) is 0 Å². The van der Waals surface area contributed by atoms with Gasteiger partial charge in [0.2, 0.25) is 0 Å². The number of ether oxygens (including phenoxy) is 1. The monoisotopic (exact) mass is 260 g/mol. The Balaban J connectivity index is 2.10. The number of hydrogen-bond donors (Lipinski definition) is 0. The van der Waals surface area contributed by atoms with Gasteiger partial charge in [-0.2, -0.15) is 0 Å². The molecule has 0 fully saturated rings. The maximum Gasteiger partial charge on any atom is 0.112 e. The highest BCUT2D eigenvalue weighted by molar-refractivity contribution is 9.09. The number of benzene rings is 1. The minimum atomic E-state index is -0.800. The predicted octanol–water partition coefficient (Wildman–Crippen LogP) is 3.33. The summed E-state index contributed by atoms with van der Waals surface area (Å²) < 4.78 is 18.1. The molecular formula is C11H14BrFO. The molecular weight excluding hydrogens is 247 g/mol. The lowest BCUT2D eigenvalue weighted by Crippen LogP contribution is -2.06. The topological polar surface area (TPSA) is 9.23 Å². The van der Waals surface area contributed by atoms with E-state index in [1.54, 1.807) is 0 Å². The van der Waals surface area contributed by atoms with Crippen LogP contribution in [0.3, 0.4) is 0 Å². The van der Waals surface area contributed by atoms with Crippen molar-refractivity contribution in [2.45, 2.75) is 19.2 Å². The molecule has 0 N–H and O–H groups in total. The fraction of sp³-hybridized carbons (Fsp3) is 0.455. The summed E-state index contributed by atoms with van der Waals surface area (Å²) in [5, 5.41) is 0.391. The van der Waals surface area contributed by atoms with Gasteiger partial charge < -0.3 is 4.74 Å². The van der Waals surface area contributed by atoms with Gasteiger partial charge in [0.05, 0.1) is 6.61 Å². The SMILES string of the molecule is F[C@H](CBr)CCOCc1ccccc1. The summed E-state index contributed by atoms with van der Waals surface area (Å²) >= 11 is 3.08. The largest absolute Gasteiger partial charge is 0.377 e. The first-order valence-electron chi connectivity index (χ1n) is 4.64. The van der Waals surface area contributed by atoms with Crippen LogP contribution in [0.25, 0.3) is 0 Å². The van der Waals surface area contributed by atoms with E-state index in [1.165, 1.54) is 0 Å².